The molecule has 2 aromatic carbocycles. The lowest BCUT2D eigenvalue weighted by molar-refractivity contribution is -0.123. The number of carbonyl (C=O) groups is 3. The number of amides is 3. The van der Waals surface area contributed by atoms with Crippen LogP contribution in [-0.2, 0) is 30.6 Å². The Morgan fingerprint density at radius 3 is 2.73 bits per heavy atom. The van der Waals surface area contributed by atoms with E-state index >= 15 is 0 Å². The number of para-hydroxylation sites is 1. The Bertz CT molecular complexity index is 1600. The molecule has 2 N–H and O–H groups in total. The lowest BCUT2D eigenvalue weighted by Crippen LogP contribution is -2.50. The van der Waals surface area contributed by atoms with Crippen LogP contribution >= 0.6 is 11.3 Å². The fraction of sp³-hybridized carbons (Fsp3) is 0.364. The molecule has 1 aliphatic rings. The molecule has 1 aliphatic heterocycles. The number of thiophene rings is 1. The first-order chi connectivity index (χ1) is 21.9. The Morgan fingerprint density at radius 1 is 1.11 bits per heavy atom. The Labute approximate surface area is 266 Å². The number of fused-ring (bicyclic) bond motifs is 3. The highest BCUT2D eigenvalue weighted by atomic mass is 32.1. The number of nitrogens with zero attached hydrogens (tertiary/aromatic N) is 4. The Balaban J connectivity index is 1.41. The third kappa shape index (κ3) is 8.27. The molecule has 0 saturated heterocycles. The minimum Gasteiger partial charge on any atom is -0.493 e. The summed E-state index contributed by atoms with van der Waals surface area (Å²) < 4.78 is 13.3. The first kappa shape index (κ1) is 31.7. The van der Waals surface area contributed by atoms with E-state index in [-0.39, 0.29) is 36.9 Å². The molecular formula is C33H38N6O5S. The maximum absolute atomic E-state index is 13.7. The van der Waals surface area contributed by atoms with Crippen LogP contribution in [0.2, 0.25) is 0 Å². The highest BCUT2D eigenvalue weighted by molar-refractivity contribution is 7.10. The molecule has 2 bridgehead atoms. The summed E-state index contributed by atoms with van der Waals surface area (Å²) in [6, 6.07) is 15.6. The molecule has 2 aromatic heterocycles. The number of hydrogen-bond donors (Lipinski definition) is 2. The van der Waals surface area contributed by atoms with Gasteiger partial charge in [0.15, 0.2) is 11.5 Å². The standard InChI is InChI=1S/C33H38N6O5S/c1-3-26-20-24(22-45-26)33(42)38-16-13-25-21-39(37-36-25)15-8-18-44-30-27(11-7-12-29(30)43-2)31(40)35-28(32(41)34-14-17-38)19-23-9-5-4-6-10-23/h4-7,9-12,20-22,28H,3,8,13-19H2,1-2H3,(H,34,41)(H,35,40)/t28-/m0/s1. The second-order valence-electron chi connectivity index (χ2n) is 10.7. The molecule has 45 heavy (non-hydrogen) atoms. The van der Waals surface area contributed by atoms with Gasteiger partial charge in [0.1, 0.15) is 6.04 Å². The molecule has 0 spiro atoms. The summed E-state index contributed by atoms with van der Waals surface area (Å²) in [5.74, 6) is -0.186. The molecule has 12 heteroatoms. The Morgan fingerprint density at radius 2 is 1.96 bits per heavy atom. The molecule has 236 valence electrons. The molecule has 0 radical (unpaired) electrons. The van der Waals surface area contributed by atoms with Gasteiger partial charge in [-0.15, -0.1) is 16.4 Å². The minimum atomic E-state index is -0.872. The van der Waals surface area contributed by atoms with Crippen molar-refractivity contribution in [3.63, 3.8) is 0 Å². The molecule has 11 nitrogen and oxygen atoms in total. The molecule has 3 amide bonds. The van der Waals surface area contributed by atoms with Gasteiger partial charge in [-0.25, -0.2) is 0 Å². The van der Waals surface area contributed by atoms with Crippen molar-refractivity contribution in [1.82, 2.24) is 30.5 Å². The number of nitrogens with one attached hydrogen (secondary N) is 2. The van der Waals surface area contributed by atoms with Gasteiger partial charge < -0.3 is 25.0 Å². The lowest BCUT2D eigenvalue weighted by Gasteiger charge is -2.24. The normalized spacial score (nSPS) is 16.7. The van der Waals surface area contributed by atoms with Crippen LogP contribution in [0.5, 0.6) is 11.5 Å². The fourth-order valence-corrected chi connectivity index (χ4v) is 5.93. The molecule has 1 atom stereocenters. The van der Waals surface area contributed by atoms with Crippen LogP contribution in [0.3, 0.4) is 0 Å². The van der Waals surface area contributed by atoms with Crippen molar-refractivity contribution >= 4 is 29.1 Å². The van der Waals surface area contributed by atoms with Crippen LogP contribution in [0.1, 0.15) is 50.2 Å². The van der Waals surface area contributed by atoms with Gasteiger partial charge in [0.05, 0.1) is 30.5 Å². The first-order valence-electron chi connectivity index (χ1n) is 15.1. The van der Waals surface area contributed by atoms with Crippen molar-refractivity contribution in [3.8, 4) is 11.5 Å². The van der Waals surface area contributed by atoms with Crippen LogP contribution in [-0.4, -0.2) is 77.0 Å². The number of aromatic nitrogens is 3. The third-order valence-corrected chi connectivity index (χ3v) is 8.65. The van der Waals surface area contributed by atoms with E-state index in [1.807, 2.05) is 48.0 Å². The van der Waals surface area contributed by atoms with E-state index in [1.54, 1.807) is 39.1 Å². The zero-order valence-corrected chi connectivity index (χ0v) is 26.3. The average Bonchev–Trinajstić information content (AvgIpc) is 3.74. The molecule has 0 aliphatic carbocycles. The van der Waals surface area contributed by atoms with Crippen molar-refractivity contribution in [2.45, 2.75) is 45.2 Å². The Hall–Kier alpha value is -4.71. The second-order valence-corrected chi connectivity index (χ2v) is 11.7. The summed E-state index contributed by atoms with van der Waals surface area (Å²) in [4.78, 5) is 43.7. The highest BCUT2D eigenvalue weighted by Gasteiger charge is 2.26. The average molecular weight is 631 g/mol. The van der Waals surface area contributed by atoms with Gasteiger partial charge in [0.2, 0.25) is 5.91 Å². The van der Waals surface area contributed by atoms with Crippen molar-refractivity contribution < 1.29 is 23.9 Å². The maximum Gasteiger partial charge on any atom is 0.255 e. The SMILES string of the molecule is CCc1cc(C(=O)N2CCNC(=O)[C@H](Cc3ccccc3)NC(=O)c3cccc(OC)c3OCCCn3cc(nn3)CC2)cs1. The topological polar surface area (TPSA) is 128 Å². The summed E-state index contributed by atoms with van der Waals surface area (Å²) >= 11 is 1.56. The van der Waals surface area contributed by atoms with Crippen LogP contribution < -0.4 is 20.1 Å². The van der Waals surface area contributed by atoms with E-state index in [2.05, 4.69) is 27.9 Å². The van der Waals surface area contributed by atoms with E-state index in [9.17, 15) is 14.4 Å². The number of rotatable bonds is 5. The molecule has 5 rings (SSSR count). The van der Waals surface area contributed by atoms with Crippen LogP contribution in [0.15, 0.2) is 66.2 Å². The summed E-state index contributed by atoms with van der Waals surface area (Å²) in [7, 11) is 1.52. The van der Waals surface area contributed by atoms with E-state index in [1.165, 1.54) is 7.11 Å². The summed E-state index contributed by atoms with van der Waals surface area (Å²) in [5.41, 5.74) is 2.56. The van der Waals surface area contributed by atoms with Gasteiger partial charge in [-0.1, -0.05) is 48.5 Å². The number of hydrogen-bond acceptors (Lipinski definition) is 8. The summed E-state index contributed by atoms with van der Waals surface area (Å²) in [6.07, 6.45) is 4.12. The molecule has 0 unspecified atom stereocenters. The number of methoxy groups -OCH3 is 1. The molecule has 4 aromatic rings. The smallest absolute Gasteiger partial charge is 0.255 e. The van der Waals surface area contributed by atoms with Gasteiger partial charge in [0, 0.05) is 61.9 Å². The minimum absolute atomic E-state index is 0.102. The molecule has 3 heterocycles. The van der Waals surface area contributed by atoms with Gasteiger partial charge in [0.25, 0.3) is 11.8 Å². The Kier molecular flexibility index (Phi) is 10.8. The van der Waals surface area contributed by atoms with Gasteiger partial charge >= 0.3 is 0 Å². The number of ether oxygens (including phenoxy) is 2. The summed E-state index contributed by atoms with van der Waals surface area (Å²) in [6.45, 7) is 3.81. The van der Waals surface area contributed by atoms with E-state index in [4.69, 9.17) is 9.47 Å². The quantitative estimate of drug-likeness (QED) is 0.345. The van der Waals surface area contributed by atoms with Gasteiger partial charge in [-0.3, -0.25) is 19.1 Å². The first-order valence-corrected chi connectivity index (χ1v) is 16.0. The number of carbonyl (C=O) groups excluding carboxylic acids is 3. The van der Waals surface area contributed by atoms with Crippen LogP contribution in [0, 0.1) is 0 Å². The van der Waals surface area contributed by atoms with Crippen molar-refractivity contribution in [2.24, 2.45) is 0 Å². The van der Waals surface area contributed by atoms with Crippen LogP contribution in [0.4, 0.5) is 0 Å². The maximum atomic E-state index is 13.7. The molecule has 0 fully saturated rings. The van der Waals surface area contributed by atoms with Gasteiger partial charge in [-0.2, -0.15) is 0 Å². The second kappa shape index (κ2) is 15.3. The zero-order chi connectivity index (χ0) is 31.6. The monoisotopic (exact) mass is 630 g/mol. The highest BCUT2D eigenvalue weighted by Crippen LogP contribution is 2.31. The van der Waals surface area contributed by atoms with E-state index in [0.717, 1.165) is 22.6 Å². The number of aryl methyl sites for hydroxylation is 2. The van der Waals surface area contributed by atoms with E-state index < -0.39 is 11.9 Å². The third-order valence-electron chi connectivity index (χ3n) is 7.57. The van der Waals surface area contributed by atoms with Crippen LogP contribution in [0.25, 0.3) is 0 Å². The largest absolute Gasteiger partial charge is 0.493 e. The molecular weight excluding hydrogens is 592 g/mol. The van der Waals surface area contributed by atoms with Crippen molar-refractivity contribution in [2.75, 3.05) is 33.4 Å². The summed E-state index contributed by atoms with van der Waals surface area (Å²) in [5, 5.41) is 16.3. The van der Waals surface area contributed by atoms with Crippen molar-refractivity contribution in [1.29, 1.82) is 0 Å². The van der Waals surface area contributed by atoms with Crippen molar-refractivity contribution in [3.05, 3.63) is 93.4 Å². The zero-order valence-electron chi connectivity index (χ0n) is 25.5. The number of benzene rings is 2. The van der Waals surface area contributed by atoms with Gasteiger partial charge in [-0.05, 0) is 30.2 Å². The predicted octanol–water partition coefficient (Wildman–Crippen LogP) is 3.54. The van der Waals surface area contributed by atoms with E-state index in [0.29, 0.717) is 49.6 Å². The lowest BCUT2D eigenvalue weighted by atomic mass is 10.0. The predicted molar refractivity (Wildman–Crippen MR) is 171 cm³/mol. The fourth-order valence-electron chi connectivity index (χ4n) is 5.12. The molecule has 0 saturated carbocycles.